The maximum Gasteiger partial charge on any atom is 0.278 e. The predicted molar refractivity (Wildman–Crippen MR) is 52.4 cm³/mol. The maximum atomic E-state index is 12.8. The summed E-state index contributed by atoms with van der Waals surface area (Å²) < 4.78 is 30.8. The average Bonchev–Trinajstić information content (AvgIpc) is 2.57. The van der Waals surface area contributed by atoms with E-state index in [9.17, 15) is 8.78 Å². The monoisotopic (exact) mass is 308 g/mol. The fourth-order valence-corrected chi connectivity index (χ4v) is 1.27. The quantitative estimate of drug-likeness (QED) is 0.760. The van der Waals surface area contributed by atoms with Crippen molar-refractivity contribution in [2.24, 2.45) is 0 Å². The van der Waals surface area contributed by atoms with Crippen molar-refractivity contribution in [3.05, 3.63) is 33.7 Å². The Hall–Kier alpha value is -1.05. The van der Waals surface area contributed by atoms with Gasteiger partial charge >= 0.3 is 0 Å². The molecule has 3 nitrogen and oxygen atoms in total. The van der Waals surface area contributed by atoms with Crippen LogP contribution in [0, 0.1) is 15.5 Å². The summed E-state index contributed by atoms with van der Waals surface area (Å²) in [5, 5.41) is 7.24. The molecule has 0 N–H and O–H groups in total. The molecule has 1 heterocycles. The highest BCUT2D eigenvalue weighted by atomic mass is 127. The Morgan fingerprint density at radius 1 is 1.14 bits per heavy atom. The van der Waals surface area contributed by atoms with Crippen LogP contribution in [0.3, 0.4) is 0 Å². The Morgan fingerprint density at radius 3 is 2.50 bits per heavy atom. The molecule has 14 heavy (non-hydrogen) atoms. The number of nitrogens with zero attached hydrogens (tertiary/aromatic N) is 2. The van der Waals surface area contributed by atoms with Crippen LogP contribution in [0.2, 0.25) is 0 Å². The molecule has 0 fully saturated rings. The van der Waals surface area contributed by atoms with Gasteiger partial charge in [-0.05, 0) is 18.2 Å². The fourth-order valence-electron chi connectivity index (χ4n) is 0.951. The Morgan fingerprint density at radius 2 is 1.93 bits per heavy atom. The van der Waals surface area contributed by atoms with Gasteiger partial charge in [0.25, 0.3) is 3.90 Å². The van der Waals surface area contributed by atoms with Crippen LogP contribution in [-0.4, -0.2) is 10.2 Å². The minimum Gasteiger partial charge on any atom is -0.412 e. The highest BCUT2D eigenvalue weighted by Crippen LogP contribution is 2.20. The first-order valence-corrected chi connectivity index (χ1v) is 4.69. The first-order chi connectivity index (χ1) is 6.66. The Balaban J connectivity index is 2.47. The van der Waals surface area contributed by atoms with Crippen LogP contribution in [0.1, 0.15) is 0 Å². The van der Waals surface area contributed by atoms with Crippen LogP contribution in [0.5, 0.6) is 0 Å². The molecular weight excluding hydrogens is 305 g/mol. The van der Waals surface area contributed by atoms with Gasteiger partial charge in [-0.1, -0.05) is 0 Å². The van der Waals surface area contributed by atoms with E-state index in [1.54, 1.807) is 0 Å². The van der Waals surface area contributed by atoms with Crippen LogP contribution in [0.4, 0.5) is 8.78 Å². The number of halogens is 3. The molecule has 0 amide bonds. The molecule has 72 valence electrons. The van der Waals surface area contributed by atoms with Crippen molar-refractivity contribution in [2.75, 3.05) is 0 Å². The Labute approximate surface area is 91.3 Å². The Kier molecular flexibility index (Phi) is 2.44. The molecule has 0 saturated carbocycles. The average molecular weight is 308 g/mol. The second-order valence-electron chi connectivity index (χ2n) is 2.49. The van der Waals surface area contributed by atoms with E-state index in [1.165, 1.54) is 6.07 Å². The molecule has 2 rings (SSSR count). The number of hydrogen-bond donors (Lipinski definition) is 0. The van der Waals surface area contributed by atoms with E-state index < -0.39 is 11.6 Å². The number of benzene rings is 1. The summed E-state index contributed by atoms with van der Waals surface area (Å²) in [6.07, 6.45) is 0. The molecule has 1 aromatic heterocycles. The lowest BCUT2D eigenvalue weighted by Crippen LogP contribution is -1.85. The number of rotatable bonds is 1. The standard InChI is InChI=1S/C8H3F2IN2O/c9-5-2-1-4(3-6(5)10)7-12-13-8(11)14-7/h1-3H. The van der Waals surface area contributed by atoms with Gasteiger partial charge < -0.3 is 4.42 Å². The topological polar surface area (TPSA) is 38.9 Å². The molecule has 0 bridgehead atoms. The third-order valence-corrected chi connectivity index (χ3v) is 2.00. The van der Waals surface area contributed by atoms with Gasteiger partial charge in [0, 0.05) is 28.2 Å². The van der Waals surface area contributed by atoms with Crippen molar-refractivity contribution in [1.29, 1.82) is 0 Å². The van der Waals surface area contributed by atoms with Crippen molar-refractivity contribution in [3.8, 4) is 11.5 Å². The molecule has 0 unspecified atom stereocenters. The lowest BCUT2D eigenvalue weighted by molar-refractivity contribution is 0.506. The van der Waals surface area contributed by atoms with E-state index in [-0.39, 0.29) is 5.89 Å². The summed E-state index contributed by atoms with van der Waals surface area (Å²) in [5.74, 6) is -1.66. The third-order valence-electron chi connectivity index (χ3n) is 1.57. The molecule has 0 aliphatic carbocycles. The van der Waals surface area contributed by atoms with Gasteiger partial charge in [0.2, 0.25) is 5.89 Å². The van der Waals surface area contributed by atoms with Crippen molar-refractivity contribution < 1.29 is 13.2 Å². The molecule has 2 aromatic rings. The van der Waals surface area contributed by atoms with Crippen LogP contribution in [0.25, 0.3) is 11.5 Å². The molecule has 0 aliphatic heterocycles. The van der Waals surface area contributed by atoms with E-state index in [0.717, 1.165) is 12.1 Å². The summed E-state index contributed by atoms with van der Waals surface area (Å²) in [6.45, 7) is 0. The van der Waals surface area contributed by atoms with Crippen LogP contribution in [-0.2, 0) is 0 Å². The first kappa shape index (κ1) is 9.50. The minimum atomic E-state index is -0.935. The van der Waals surface area contributed by atoms with Gasteiger partial charge in [-0.25, -0.2) is 8.78 Å². The van der Waals surface area contributed by atoms with Crippen molar-refractivity contribution in [1.82, 2.24) is 10.2 Å². The van der Waals surface area contributed by atoms with Crippen molar-refractivity contribution in [2.45, 2.75) is 0 Å². The molecule has 1 aromatic carbocycles. The lowest BCUT2D eigenvalue weighted by atomic mass is 10.2. The van der Waals surface area contributed by atoms with E-state index in [1.807, 2.05) is 22.6 Å². The van der Waals surface area contributed by atoms with E-state index >= 15 is 0 Å². The van der Waals surface area contributed by atoms with E-state index in [4.69, 9.17) is 4.42 Å². The van der Waals surface area contributed by atoms with Crippen molar-refractivity contribution >= 4 is 22.6 Å². The zero-order chi connectivity index (χ0) is 10.1. The normalized spacial score (nSPS) is 10.5. The zero-order valence-corrected chi connectivity index (χ0v) is 8.83. The van der Waals surface area contributed by atoms with Gasteiger partial charge in [-0.3, -0.25) is 0 Å². The fraction of sp³-hybridized carbons (Fsp3) is 0. The Bertz CT molecular complexity index is 472. The lowest BCUT2D eigenvalue weighted by Gasteiger charge is -1.95. The van der Waals surface area contributed by atoms with Crippen molar-refractivity contribution in [3.63, 3.8) is 0 Å². The van der Waals surface area contributed by atoms with Crippen LogP contribution in [0.15, 0.2) is 22.6 Å². The highest BCUT2D eigenvalue weighted by Gasteiger charge is 2.09. The molecule has 0 saturated heterocycles. The van der Waals surface area contributed by atoms with Crippen LogP contribution >= 0.6 is 22.6 Å². The summed E-state index contributed by atoms with van der Waals surface area (Å²) in [7, 11) is 0. The maximum absolute atomic E-state index is 12.8. The molecular formula is C8H3F2IN2O. The smallest absolute Gasteiger partial charge is 0.278 e. The predicted octanol–water partition coefficient (Wildman–Crippen LogP) is 2.62. The van der Waals surface area contributed by atoms with Crippen LogP contribution < -0.4 is 0 Å². The van der Waals surface area contributed by atoms with Gasteiger partial charge in [0.1, 0.15) is 0 Å². The summed E-state index contributed by atoms with van der Waals surface area (Å²) in [4.78, 5) is 0. The zero-order valence-electron chi connectivity index (χ0n) is 6.67. The second kappa shape index (κ2) is 3.60. The molecule has 0 atom stereocenters. The minimum absolute atomic E-state index is 0.174. The van der Waals surface area contributed by atoms with Gasteiger partial charge in [-0.15, -0.1) is 10.2 Å². The molecule has 0 aliphatic rings. The summed E-state index contributed by atoms with van der Waals surface area (Å²) >= 11 is 1.83. The first-order valence-electron chi connectivity index (χ1n) is 3.61. The van der Waals surface area contributed by atoms with Gasteiger partial charge in [0.05, 0.1) is 0 Å². The SMILES string of the molecule is Fc1ccc(-c2nnc(I)o2)cc1F. The largest absolute Gasteiger partial charge is 0.412 e. The van der Waals surface area contributed by atoms with Gasteiger partial charge in [-0.2, -0.15) is 0 Å². The third kappa shape index (κ3) is 1.74. The molecule has 0 spiro atoms. The number of aromatic nitrogens is 2. The summed E-state index contributed by atoms with van der Waals surface area (Å²) in [5.41, 5.74) is 0.360. The molecule has 6 heteroatoms. The number of hydrogen-bond acceptors (Lipinski definition) is 3. The molecule has 0 radical (unpaired) electrons. The summed E-state index contributed by atoms with van der Waals surface area (Å²) in [6, 6.07) is 3.41. The van der Waals surface area contributed by atoms with E-state index in [0.29, 0.717) is 9.46 Å². The van der Waals surface area contributed by atoms with E-state index in [2.05, 4.69) is 10.2 Å². The van der Waals surface area contributed by atoms with Gasteiger partial charge in [0.15, 0.2) is 11.6 Å². The second-order valence-corrected chi connectivity index (χ2v) is 3.41. The highest BCUT2D eigenvalue weighted by molar-refractivity contribution is 14.1.